The first-order chi connectivity index (χ1) is 12.7. The average Bonchev–Trinajstić information content (AvgIpc) is 3.27. The van der Waals surface area contributed by atoms with E-state index in [0.717, 1.165) is 11.1 Å². The van der Waals surface area contributed by atoms with Crippen molar-refractivity contribution in [3.63, 3.8) is 0 Å². The fourth-order valence-electron chi connectivity index (χ4n) is 2.67. The summed E-state index contributed by atoms with van der Waals surface area (Å²) in [5.41, 5.74) is 8.06. The van der Waals surface area contributed by atoms with Crippen molar-refractivity contribution in [2.24, 2.45) is 0 Å². The smallest absolute Gasteiger partial charge is 0.275 e. The largest absolute Gasteiger partial charge is 0.454 e. The van der Waals surface area contributed by atoms with E-state index in [1.54, 1.807) is 0 Å². The SMILES string of the molecule is Nc1c(C(=O)NCc2ccc3c(c2)OCO3)nnn1Cc1ccccc1. The number of fused-ring (bicyclic) bond motifs is 1. The summed E-state index contributed by atoms with van der Waals surface area (Å²) in [6.45, 7) is 0.988. The maximum absolute atomic E-state index is 12.4. The van der Waals surface area contributed by atoms with Crippen molar-refractivity contribution in [3.05, 3.63) is 65.4 Å². The normalized spacial score (nSPS) is 12.2. The molecule has 8 nitrogen and oxygen atoms in total. The Morgan fingerprint density at radius 2 is 1.92 bits per heavy atom. The molecule has 0 spiro atoms. The van der Waals surface area contributed by atoms with Gasteiger partial charge in [0.2, 0.25) is 6.79 Å². The highest BCUT2D eigenvalue weighted by molar-refractivity contribution is 5.96. The molecule has 1 aliphatic heterocycles. The zero-order chi connectivity index (χ0) is 17.9. The Balaban J connectivity index is 1.42. The number of rotatable bonds is 5. The summed E-state index contributed by atoms with van der Waals surface area (Å²) in [6.07, 6.45) is 0. The zero-order valence-electron chi connectivity index (χ0n) is 13.9. The molecule has 3 aromatic rings. The molecule has 26 heavy (non-hydrogen) atoms. The first-order valence-electron chi connectivity index (χ1n) is 8.10. The lowest BCUT2D eigenvalue weighted by Gasteiger charge is -2.06. The van der Waals surface area contributed by atoms with Crippen LogP contribution < -0.4 is 20.5 Å². The molecule has 0 saturated heterocycles. The van der Waals surface area contributed by atoms with Crippen molar-refractivity contribution in [2.45, 2.75) is 13.1 Å². The number of hydrogen-bond donors (Lipinski definition) is 2. The van der Waals surface area contributed by atoms with Crippen LogP contribution in [0.3, 0.4) is 0 Å². The third-order valence-corrected chi connectivity index (χ3v) is 4.05. The summed E-state index contributed by atoms with van der Waals surface area (Å²) in [5, 5.41) is 10.7. The molecule has 0 aliphatic carbocycles. The Morgan fingerprint density at radius 1 is 1.12 bits per heavy atom. The van der Waals surface area contributed by atoms with Crippen LogP contribution >= 0.6 is 0 Å². The lowest BCUT2D eigenvalue weighted by Crippen LogP contribution is -2.24. The second-order valence-corrected chi connectivity index (χ2v) is 5.84. The Labute approximate surface area is 149 Å². The van der Waals surface area contributed by atoms with E-state index in [1.807, 2.05) is 48.5 Å². The van der Waals surface area contributed by atoms with Crippen molar-refractivity contribution in [1.29, 1.82) is 0 Å². The van der Waals surface area contributed by atoms with Gasteiger partial charge in [-0.05, 0) is 23.3 Å². The Hall–Kier alpha value is -3.55. The summed E-state index contributed by atoms with van der Waals surface area (Å²) in [6, 6.07) is 15.2. The molecular weight excluding hydrogens is 334 g/mol. The lowest BCUT2D eigenvalue weighted by molar-refractivity contribution is 0.0946. The van der Waals surface area contributed by atoms with Gasteiger partial charge >= 0.3 is 0 Å². The minimum absolute atomic E-state index is 0.113. The predicted molar refractivity (Wildman–Crippen MR) is 93.7 cm³/mol. The molecule has 8 heteroatoms. The van der Waals surface area contributed by atoms with Crippen LogP contribution in [0.15, 0.2) is 48.5 Å². The third kappa shape index (κ3) is 3.16. The van der Waals surface area contributed by atoms with Crippen LogP contribution in [0.4, 0.5) is 5.82 Å². The van der Waals surface area contributed by atoms with E-state index in [2.05, 4.69) is 15.6 Å². The monoisotopic (exact) mass is 351 g/mol. The number of anilines is 1. The summed E-state index contributed by atoms with van der Waals surface area (Å²) in [7, 11) is 0. The molecule has 4 rings (SSSR count). The van der Waals surface area contributed by atoms with E-state index < -0.39 is 0 Å². The van der Waals surface area contributed by atoms with E-state index in [-0.39, 0.29) is 24.2 Å². The molecule has 1 amide bonds. The first kappa shape index (κ1) is 15.9. The number of carbonyl (C=O) groups is 1. The molecule has 3 N–H and O–H groups in total. The Bertz CT molecular complexity index is 939. The molecule has 2 aromatic carbocycles. The number of carbonyl (C=O) groups excluding carboxylic acids is 1. The molecule has 0 saturated carbocycles. The van der Waals surface area contributed by atoms with E-state index in [9.17, 15) is 4.79 Å². The highest BCUT2D eigenvalue weighted by Gasteiger charge is 2.18. The van der Waals surface area contributed by atoms with Gasteiger partial charge in [-0.2, -0.15) is 0 Å². The number of ether oxygens (including phenoxy) is 2. The summed E-state index contributed by atoms with van der Waals surface area (Å²) in [4.78, 5) is 12.4. The van der Waals surface area contributed by atoms with Gasteiger partial charge in [-0.3, -0.25) is 4.79 Å². The van der Waals surface area contributed by atoms with Gasteiger partial charge in [0.1, 0.15) is 0 Å². The van der Waals surface area contributed by atoms with Gasteiger partial charge in [-0.25, -0.2) is 4.68 Å². The predicted octanol–water partition coefficient (Wildman–Crippen LogP) is 1.57. The van der Waals surface area contributed by atoms with Crippen LogP contribution in [0.25, 0.3) is 0 Å². The van der Waals surface area contributed by atoms with Gasteiger partial charge in [0.25, 0.3) is 5.91 Å². The van der Waals surface area contributed by atoms with Crippen molar-refractivity contribution in [1.82, 2.24) is 20.3 Å². The quantitative estimate of drug-likeness (QED) is 0.723. The van der Waals surface area contributed by atoms with Crippen molar-refractivity contribution in [2.75, 3.05) is 12.5 Å². The van der Waals surface area contributed by atoms with Gasteiger partial charge in [0.05, 0.1) is 6.54 Å². The molecule has 0 atom stereocenters. The van der Waals surface area contributed by atoms with Gasteiger partial charge < -0.3 is 20.5 Å². The minimum Gasteiger partial charge on any atom is -0.454 e. The summed E-state index contributed by atoms with van der Waals surface area (Å²) in [5.74, 6) is 1.23. The number of nitrogens with one attached hydrogen (secondary N) is 1. The average molecular weight is 351 g/mol. The number of benzene rings is 2. The minimum atomic E-state index is -0.375. The van der Waals surface area contributed by atoms with E-state index in [1.165, 1.54) is 4.68 Å². The fraction of sp³-hybridized carbons (Fsp3) is 0.167. The molecule has 0 radical (unpaired) electrons. The molecule has 0 fully saturated rings. The number of amides is 1. The topological polar surface area (TPSA) is 104 Å². The van der Waals surface area contributed by atoms with Crippen molar-refractivity contribution in [3.8, 4) is 11.5 Å². The van der Waals surface area contributed by atoms with Crippen LogP contribution in [0.5, 0.6) is 11.5 Å². The standard InChI is InChI=1S/C18H17N5O3/c19-17-16(21-22-23(17)10-12-4-2-1-3-5-12)18(24)20-9-13-6-7-14-15(8-13)26-11-25-14/h1-8H,9-11,19H2,(H,20,24). The summed E-state index contributed by atoms with van der Waals surface area (Å²) < 4.78 is 12.1. The molecule has 2 heterocycles. The molecule has 132 valence electrons. The van der Waals surface area contributed by atoms with Crippen LogP contribution in [0, 0.1) is 0 Å². The third-order valence-electron chi connectivity index (χ3n) is 4.05. The van der Waals surface area contributed by atoms with Gasteiger partial charge in [0.15, 0.2) is 23.0 Å². The maximum Gasteiger partial charge on any atom is 0.275 e. The van der Waals surface area contributed by atoms with Crippen LogP contribution in [-0.4, -0.2) is 27.7 Å². The highest BCUT2D eigenvalue weighted by atomic mass is 16.7. The molecule has 0 bridgehead atoms. The number of hydrogen-bond acceptors (Lipinski definition) is 6. The van der Waals surface area contributed by atoms with Crippen molar-refractivity contribution >= 4 is 11.7 Å². The van der Waals surface area contributed by atoms with Gasteiger partial charge in [-0.1, -0.05) is 41.6 Å². The molecule has 1 aliphatic rings. The second kappa shape index (κ2) is 6.75. The number of nitrogens with zero attached hydrogens (tertiary/aromatic N) is 3. The second-order valence-electron chi connectivity index (χ2n) is 5.84. The number of aromatic nitrogens is 3. The number of nitrogen functional groups attached to an aromatic ring is 1. The van der Waals surface area contributed by atoms with Crippen LogP contribution in [-0.2, 0) is 13.1 Å². The molecule has 0 unspecified atom stereocenters. The maximum atomic E-state index is 12.4. The Kier molecular flexibility index (Phi) is 4.14. The van der Waals surface area contributed by atoms with Crippen molar-refractivity contribution < 1.29 is 14.3 Å². The van der Waals surface area contributed by atoms with E-state index in [4.69, 9.17) is 15.2 Å². The Morgan fingerprint density at radius 3 is 2.77 bits per heavy atom. The van der Waals surface area contributed by atoms with Gasteiger partial charge in [0, 0.05) is 6.54 Å². The highest BCUT2D eigenvalue weighted by Crippen LogP contribution is 2.32. The summed E-state index contributed by atoms with van der Waals surface area (Å²) >= 11 is 0. The van der Waals surface area contributed by atoms with Crippen LogP contribution in [0.2, 0.25) is 0 Å². The van der Waals surface area contributed by atoms with E-state index >= 15 is 0 Å². The van der Waals surface area contributed by atoms with Gasteiger partial charge in [-0.15, -0.1) is 5.10 Å². The lowest BCUT2D eigenvalue weighted by atomic mass is 10.2. The van der Waals surface area contributed by atoms with Crippen LogP contribution in [0.1, 0.15) is 21.6 Å². The first-order valence-corrected chi connectivity index (χ1v) is 8.10. The zero-order valence-corrected chi connectivity index (χ0v) is 13.9. The number of nitrogens with two attached hydrogens (primary N) is 1. The van der Waals surface area contributed by atoms with E-state index in [0.29, 0.717) is 24.6 Å². The molecule has 1 aromatic heterocycles. The fourth-order valence-corrected chi connectivity index (χ4v) is 2.67. The molecular formula is C18H17N5O3.